The molecule has 0 aliphatic carbocycles. The van der Waals surface area contributed by atoms with Crippen molar-refractivity contribution < 1.29 is 14.7 Å². The zero-order valence-corrected chi connectivity index (χ0v) is 6.65. The molecule has 6 N–H and O–H groups in total. The quantitative estimate of drug-likeness (QED) is 0.216. The van der Waals surface area contributed by atoms with Gasteiger partial charge >= 0.3 is 5.97 Å². The van der Waals surface area contributed by atoms with E-state index in [0.717, 1.165) is 0 Å². The third-order valence-corrected chi connectivity index (χ3v) is 1.03. The third-order valence-electron chi connectivity index (χ3n) is 1.03. The summed E-state index contributed by atoms with van der Waals surface area (Å²) in [6.45, 7) is 1.03. The van der Waals surface area contributed by atoms with E-state index in [4.69, 9.17) is 16.7 Å². The molecule has 0 saturated carbocycles. The number of carbonyl (C=O) groups excluding carboxylic acids is 1. The lowest BCUT2D eigenvalue weighted by Crippen LogP contribution is -2.54. The van der Waals surface area contributed by atoms with Crippen molar-refractivity contribution in [2.24, 2.45) is 11.6 Å². The summed E-state index contributed by atoms with van der Waals surface area (Å²) in [5.41, 5.74) is 7.33. The average Bonchev–Trinajstić information content (AvgIpc) is 1.98. The van der Waals surface area contributed by atoms with Gasteiger partial charge in [-0.1, -0.05) is 0 Å². The summed E-state index contributed by atoms with van der Waals surface area (Å²) in [5, 5.41) is 8.76. The highest BCUT2D eigenvalue weighted by atomic mass is 16.4. The molecule has 7 heteroatoms. The van der Waals surface area contributed by atoms with Crippen LogP contribution in [-0.2, 0) is 9.59 Å². The Hall–Kier alpha value is -1.18. The Kier molecular flexibility index (Phi) is 4.19. The van der Waals surface area contributed by atoms with E-state index in [0.29, 0.717) is 5.12 Å². The summed E-state index contributed by atoms with van der Waals surface area (Å²) in [6.07, 6.45) is 0. The van der Waals surface area contributed by atoms with E-state index in [9.17, 15) is 9.59 Å². The van der Waals surface area contributed by atoms with E-state index >= 15 is 0 Å². The maximum atomic E-state index is 10.9. The summed E-state index contributed by atoms with van der Waals surface area (Å²) in [7, 11) is 0. The molecule has 0 heterocycles. The topological polar surface area (TPSA) is 122 Å². The van der Waals surface area contributed by atoms with Crippen LogP contribution < -0.4 is 17.0 Å². The molecule has 1 unspecified atom stereocenters. The Bertz CT molecular complexity index is 182. The van der Waals surface area contributed by atoms with Crippen molar-refractivity contribution in [2.75, 3.05) is 6.54 Å². The summed E-state index contributed by atoms with van der Waals surface area (Å²) < 4.78 is 0. The second-order valence-electron chi connectivity index (χ2n) is 2.23. The molecule has 70 valence electrons. The number of carboxylic acids is 1. The predicted octanol–water partition coefficient (Wildman–Crippen LogP) is -2.37. The fourth-order valence-corrected chi connectivity index (χ4v) is 0.450. The van der Waals surface area contributed by atoms with E-state index < -0.39 is 24.5 Å². The first-order chi connectivity index (χ1) is 5.45. The first-order valence-electron chi connectivity index (χ1n) is 3.24. The van der Waals surface area contributed by atoms with Gasteiger partial charge in [-0.05, 0) is 6.92 Å². The number of hydrogen-bond donors (Lipinski definition) is 4. The number of nitrogens with two attached hydrogens (primary N) is 2. The Morgan fingerprint density at radius 3 is 2.50 bits per heavy atom. The number of nitrogens with zero attached hydrogens (tertiary/aromatic N) is 1. The third kappa shape index (κ3) is 3.86. The number of carbonyl (C=O) groups is 2. The van der Waals surface area contributed by atoms with Gasteiger partial charge in [0.05, 0.1) is 6.04 Å². The van der Waals surface area contributed by atoms with Crippen LogP contribution in [-0.4, -0.2) is 34.7 Å². The van der Waals surface area contributed by atoms with E-state index in [1.807, 2.05) is 0 Å². The number of nitrogens with one attached hydrogen (secondary N) is 1. The lowest BCUT2D eigenvalue weighted by atomic mass is 10.3. The lowest BCUT2D eigenvalue weighted by Gasteiger charge is -2.17. The van der Waals surface area contributed by atoms with Crippen molar-refractivity contribution in [3.8, 4) is 0 Å². The standard InChI is InChI=1S/C5H12N4O3/c1-3(6)5(12)9(7)8-2-4(10)11/h3,8H,2,6-7H2,1H3,(H,10,11). The molecule has 0 saturated heterocycles. The molecule has 0 bridgehead atoms. The van der Waals surface area contributed by atoms with Crippen LogP contribution in [0.25, 0.3) is 0 Å². The molecule has 1 amide bonds. The largest absolute Gasteiger partial charge is 0.480 e. The van der Waals surface area contributed by atoms with Crippen LogP contribution in [0.15, 0.2) is 0 Å². The molecule has 12 heavy (non-hydrogen) atoms. The van der Waals surface area contributed by atoms with Crippen LogP contribution in [0, 0.1) is 0 Å². The van der Waals surface area contributed by atoms with Gasteiger partial charge in [0.1, 0.15) is 6.54 Å². The second kappa shape index (κ2) is 4.65. The molecule has 0 spiro atoms. The summed E-state index contributed by atoms with van der Waals surface area (Å²) in [5.74, 6) is 3.41. The van der Waals surface area contributed by atoms with Crippen molar-refractivity contribution in [3.05, 3.63) is 0 Å². The Labute approximate surface area is 69.2 Å². The average molecular weight is 176 g/mol. The van der Waals surface area contributed by atoms with Crippen molar-refractivity contribution >= 4 is 11.9 Å². The molecule has 0 aliphatic rings. The molecule has 7 nitrogen and oxygen atoms in total. The Morgan fingerprint density at radius 1 is 1.67 bits per heavy atom. The highest BCUT2D eigenvalue weighted by molar-refractivity contribution is 5.80. The molecule has 0 radical (unpaired) electrons. The second-order valence-corrected chi connectivity index (χ2v) is 2.23. The van der Waals surface area contributed by atoms with Gasteiger partial charge in [0.25, 0.3) is 5.91 Å². The lowest BCUT2D eigenvalue weighted by molar-refractivity contribution is -0.140. The highest BCUT2D eigenvalue weighted by Gasteiger charge is 2.14. The molecule has 0 aromatic heterocycles. The Balaban J connectivity index is 3.79. The number of hydrazine groups is 2. The normalized spacial score (nSPS) is 12.2. The van der Waals surface area contributed by atoms with Gasteiger partial charge in [-0.25, -0.2) is 16.4 Å². The van der Waals surface area contributed by atoms with Gasteiger partial charge in [0, 0.05) is 0 Å². The summed E-state index contributed by atoms with van der Waals surface area (Å²) >= 11 is 0. The van der Waals surface area contributed by atoms with Crippen LogP contribution in [0.3, 0.4) is 0 Å². The zero-order valence-electron chi connectivity index (χ0n) is 6.65. The molecular weight excluding hydrogens is 164 g/mol. The number of carboxylic acid groups (broad SMARTS) is 1. The van der Waals surface area contributed by atoms with Gasteiger partial charge in [-0.15, -0.1) is 0 Å². The SMILES string of the molecule is CC(N)C(=O)N(N)NCC(=O)O. The summed E-state index contributed by atoms with van der Waals surface area (Å²) in [4.78, 5) is 20.9. The van der Waals surface area contributed by atoms with E-state index in [1.54, 1.807) is 0 Å². The van der Waals surface area contributed by atoms with E-state index in [-0.39, 0.29) is 0 Å². The minimum Gasteiger partial charge on any atom is -0.480 e. The van der Waals surface area contributed by atoms with Gasteiger partial charge in [0.2, 0.25) is 0 Å². The minimum absolute atomic E-state index is 0.422. The van der Waals surface area contributed by atoms with Gasteiger partial charge in [-0.3, -0.25) is 9.59 Å². The molecule has 0 rings (SSSR count). The Morgan fingerprint density at radius 2 is 2.17 bits per heavy atom. The smallest absolute Gasteiger partial charge is 0.319 e. The van der Waals surface area contributed by atoms with Crippen molar-refractivity contribution in [3.63, 3.8) is 0 Å². The van der Waals surface area contributed by atoms with Gasteiger partial charge < -0.3 is 10.8 Å². The predicted molar refractivity (Wildman–Crippen MR) is 40.3 cm³/mol. The molecule has 0 aromatic carbocycles. The van der Waals surface area contributed by atoms with Crippen molar-refractivity contribution in [2.45, 2.75) is 13.0 Å². The van der Waals surface area contributed by atoms with Gasteiger partial charge in [-0.2, -0.15) is 0 Å². The van der Waals surface area contributed by atoms with Crippen LogP contribution in [0.1, 0.15) is 6.92 Å². The van der Waals surface area contributed by atoms with Crippen molar-refractivity contribution in [1.82, 2.24) is 10.5 Å². The monoisotopic (exact) mass is 176 g/mol. The maximum absolute atomic E-state index is 10.9. The highest BCUT2D eigenvalue weighted by Crippen LogP contribution is 1.80. The number of amides is 1. The first-order valence-corrected chi connectivity index (χ1v) is 3.24. The van der Waals surface area contributed by atoms with Crippen LogP contribution in [0.5, 0.6) is 0 Å². The zero-order chi connectivity index (χ0) is 9.72. The molecule has 0 fully saturated rings. The number of hydrogen-bond acceptors (Lipinski definition) is 5. The van der Waals surface area contributed by atoms with Crippen LogP contribution in [0.4, 0.5) is 0 Å². The maximum Gasteiger partial charge on any atom is 0.319 e. The van der Waals surface area contributed by atoms with E-state index in [2.05, 4.69) is 5.43 Å². The fraction of sp³-hybridized carbons (Fsp3) is 0.600. The van der Waals surface area contributed by atoms with Crippen molar-refractivity contribution in [1.29, 1.82) is 0 Å². The molecule has 1 atom stereocenters. The minimum atomic E-state index is -1.11. The first kappa shape index (κ1) is 10.8. The van der Waals surface area contributed by atoms with Crippen LogP contribution >= 0.6 is 0 Å². The summed E-state index contributed by atoms with van der Waals surface area (Å²) in [6, 6.07) is -0.753. The number of aliphatic carboxylic acids is 1. The molecule has 0 aromatic rings. The van der Waals surface area contributed by atoms with Gasteiger partial charge in [0.15, 0.2) is 0 Å². The van der Waals surface area contributed by atoms with E-state index in [1.165, 1.54) is 6.92 Å². The van der Waals surface area contributed by atoms with Crippen LogP contribution in [0.2, 0.25) is 0 Å². The molecule has 0 aliphatic heterocycles. The molecular formula is C5H12N4O3. The number of rotatable bonds is 4. The fourth-order valence-electron chi connectivity index (χ4n) is 0.450.